The maximum atomic E-state index is 12.2. The number of amides is 1. The third-order valence-corrected chi connectivity index (χ3v) is 4.00. The summed E-state index contributed by atoms with van der Waals surface area (Å²) in [6.07, 6.45) is 3.67. The Kier molecular flexibility index (Phi) is 5.54. The quantitative estimate of drug-likeness (QED) is 0.783. The SMILES string of the molecule is CCn1cc(Br)c(CN(C)C(=O)CCn2ccc(C(=O)O)n2)n1. The van der Waals surface area contributed by atoms with Crippen LogP contribution >= 0.6 is 15.9 Å². The van der Waals surface area contributed by atoms with Crippen molar-refractivity contribution < 1.29 is 14.7 Å². The molecule has 2 rings (SSSR count). The molecule has 1 amide bonds. The van der Waals surface area contributed by atoms with Gasteiger partial charge in [0, 0.05) is 39.0 Å². The van der Waals surface area contributed by atoms with Gasteiger partial charge < -0.3 is 10.0 Å². The molecule has 9 heteroatoms. The number of rotatable bonds is 7. The van der Waals surface area contributed by atoms with Crippen LogP contribution in [0.2, 0.25) is 0 Å². The molecule has 0 radical (unpaired) electrons. The highest BCUT2D eigenvalue weighted by atomic mass is 79.9. The standard InChI is InChI=1S/C14H18BrN5O3/c1-3-19-8-10(15)12(17-19)9-18(2)13(21)5-7-20-6-4-11(16-20)14(22)23/h4,6,8H,3,5,7,9H2,1-2H3,(H,22,23). The van der Waals surface area contributed by atoms with Crippen molar-refractivity contribution in [1.29, 1.82) is 0 Å². The van der Waals surface area contributed by atoms with Crippen LogP contribution in [0.1, 0.15) is 29.5 Å². The minimum atomic E-state index is -1.08. The number of aromatic carboxylic acids is 1. The summed E-state index contributed by atoms with van der Waals surface area (Å²) in [5, 5.41) is 17.1. The molecule has 23 heavy (non-hydrogen) atoms. The fourth-order valence-electron chi connectivity index (χ4n) is 2.02. The Morgan fingerprint density at radius 1 is 1.35 bits per heavy atom. The van der Waals surface area contributed by atoms with Gasteiger partial charge in [0.2, 0.25) is 5.91 Å². The monoisotopic (exact) mass is 383 g/mol. The molecule has 0 bridgehead atoms. The van der Waals surface area contributed by atoms with E-state index in [1.165, 1.54) is 10.7 Å². The van der Waals surface area contributed by atoms with Crippen LogP contribution in [0.5, 0.6) is 0 Å². The molecule has 0 fully saturated rings. The summed E-state index contributed by atoms with van der Waals surface area (Å²) in [6, 6.07) is 1.41. The van der Waals surface area contributed by atoms with Crippen LogP contribution in [-0.2, 0) is 24.4 Å². The van der Waals surface area contributed by atoms with Gasteiger partial charge in [-0.3, -0.25) is 14.2 Å². The van der Waals surface area contributed by atoms with Crippen molar-refractivity contribution in [1.82, 2.24) is 24.5 Å². The second kappa shape index (κ2) is 7.40. The van der Waals surface area contributed by atoms with Crippen molar-refractivity contribution in [2.24, 2.45) is 0 Å². The zero-order valence-corrected chi connectivity index (χ0v) is 14.5. The molecule has 0 saturated heterocycles. The first-order valence-corrected chi connectivity index (χ1v) is 7.92. The number of carbonyl (C=O) groups is 2. The van der Waals surface area contributed by atoms with Gasteiger partial charge >= 0.3 is 5.97 Å². The van der Waals surface area contributed by atoms with Crippen LogP contribution in [0.25, 0.3) is 0 Å². The second-order valence-electron chi connectivity index (χ2n) is 5.05. The molecule has 0 atom stereocenters. The molecule has 8 nitrogen and oxygen atoms in total. The zero-order chi connectivity index (χ0) is 17.0. The number of carbonyl (C=O) groups excluding carboxylic acids is 1. The van der Waals surface area contributed by atoms with Gasteiger partial charge in [-0.05, 0) is 28.9 Å². The van der Waals surface area contributed by atoms with Gasteiger partial charge in [-0.1, -0.05) is 0 Å². The molecule has 0 aromatic carbocycles. The molecule has 0 aliphatic carbocycles. The van der Waals surface area contributed by atoms with E-state index in [0.717, 1.165) is 16.7 Å². The van der Waals surface area contributed by atoms with E-state index in [0.29, 0.717) is 13.1 Å². The Balaban J connectivity index is 1.89. The van der Waals surface area contributed by atoms with E-state index in [1.807, 2.05) is 13.1 Å². The number of hydrogen-bond acceptors (Lipinski definition) is 4. The third kappa shape index (κ3) is 4.41. The molecular formula is C14H18BrN5O3. The van der Waals surface area contributed by atoms with E-state index in [-0.39, 0.29) is 18.0 Å². The minimum Gasteiger partial charge on any atom is -0.476 e. The van der Waals surface area contributed by atoms with E-state index >= 15 is 0 Å². The number of aryl methyl sites for hydroxylation is 2. The average molecular weight is 384 g/mol. The predicted octanol–water partition coefficient (Wildman–Crippen LogP) is 1.61. The summed E-state index contributed by atoms with van der Waals surface area (Å²) in [6.45, 7) is 3.50. The lowest BCUT2D eigenvalue weighted by Gasteiger charge is -2.16. The summed E-state index contributed by atoms with van der Waals surface area (Å²) in [7, 11) is 1.71. The van der Waals surface area contributed by atoms with Crippen molar-refractivity contribution in [3.05, 3.63) is 34.3 Å². The number of hydrogen-bond donors (Lipinski definition) is 1. The molecule has 0 unspecified atom stereocenters. The highest BCUT2D eigenvalue weighted by Crippen LogP contribution is 2.16. The van der Waals surface area contributed by atoms with Gasteiger partial charge in [0.05, 0.1) is 16.7 Å². The Bertz CT molecular complexity index is 709. The van der Waals surface area contributed by atoms with E-state index in [9.17, 15) is 9.59 Å². The van der Waals surface area contributed by atoms with Gasteiger partial charge in [-0.15, -0.1) is 0 Å². The van der Waals surface area contributed by atoms with Crippen molar-refractivity contribution in [3.63, 3.8) is 0 Å². The van der Waals surface area contributed by atoms with Crippen molar-refractivity contribution in [3.8, 4) is 0 Å². The smallest absolute Gasteiger partial charge is 0.356 e. The summed E-state index contributed by atoms with van der Waals surface area (Å²) < 4.78 is 4.13. The van der Waals surface area contributed by atoms with Crippen LogP contribution in [0.3, 0.4) is 0 Å². The number of nitrogens with zero attached hydrogens (tertiary/aromatic N) is 5. The molecule has 0 aliphatic rings. The van der Waals surface area contributed by atoms with Crippen LogP contribution in [0.15, 0.2) is 22.9 Å². The van der Waals surface area contributed by atoms with Gasteiger partial charge in [0.15, 0.2) is 5.69 Å². The zero-order valence-electron chi connectivity index (χ0n) is 12.9. The number of aromatic nitrogens is 4. The highest BCUT2D eigenvalue weighted by molar-refractivity contribution is 9.10. The minimum absolute atomic E-state index is 0.0279. The Morgan fingerprint density at radius 3 is 2.65 bits per heavy atom. The lowest BCUT2D eigenvalue weighted by atomic mass is 10.3. The van der Waals surface area contributed by atoms with E-state index < -0.39 is 5.97 Å². The number of carboxylic acids is 1. The second-order valence-corrected chi connectivity index (χ2v) is 5.90. The van der Waals surface area contributed by atoms with Crippen molar-refractivity contribution >= 4 is 27.8 Å². The lowest BCUT2D eigenvalue weighted by Crippen LogP contribution is -2.27. The van der Waals surface area contributed by atoms with Crippen LogP contribution < -0.4 is 0 Å². The summed E-state index contributed by atoms with van der Waals surface area (Å²) in [5.41, 5.74) is 0.773. The molecule has 2 aromatic heterocycles. The van der Waals surface area contributed by atoms with Crippen LogP contribution in [0.4, 0.5) is 0 Å². The van der Waals surface area contributed by atoms with E-state index in [1.54, 1.807) is 22.8 Å². The van der Waals surface area contributed by atoms with E-state index in [4.69, 9.17) is 5.11 Å². The molecule has 0 aliphatic heterocycles. The largest absolute Gasteiger partial charge is 0.476 e. The van der Waals surface area contributed by atoms with Crippen molar-refractivity contribution in [2.45, 2.75) is 33.0 Å². The predicted molar refractivity (Wildman–Crippen MR) is 85.9 cm³/mol. The fraction of sp³-hybridized carbons (Fsp3) is 0.429. The van der Waals surface area contributed by atoms with Crippen LogP contribution in [0, 0.1) is 0 Å². The Hall–Kier alpha value is -2.16. The van der Waals surface area contributed by atoms with Gasteiger partial charge in [-0.25, -0.2) is 4.79 Å². The third-order valence-electron chi connectivity index (χ3n) is 3.34. The Labute approximate surface area is 141 Å². The molecule has 2 aromatic rings. The number of halogens is 1. The number of carboxylic acid groups (broad SMARTS) is 1. The van der Waals surface area contributed by atoms with Gasteiger partial charge in [0.1, 0.15) is 0 Å². The molecule has 124 valence electrons. The molecule has 0 saturated carbocycles. The first-order chi connectivity index (χ1) is 10.9. The maximum Gasteiger partial charge on any atom is 0.356 e. The normalized spacial score (nSPS) is 10.7. The first-order valence-electron chi connectivity index (χ1n) is 7.13. The summed E-state index contributed by atoms with van der Waals surface area (Å²) in [5.74, 6) is -1.14. The fourth-order valence-corrected chi connectivity index (χ4v) is 2.46. The van der Waals surface area contributed by atoms with Crippen molar-refractivity contribution in [2.75, 3.05) is 7.05 Å². The first kappa shape index (κ1) is 17.2. The topological polar surface area (TPSA) is 93.2 Å². The average Bonchev–Trinajstić information content (AvgIpc) is 3.12. The molecule has 1 N–H and O–H groups in total. The van der Waals surface area contributed by atoms with Gasteiger partial charge in [0.25, 0.3) is 0 Å². The molecule has 2 heterocycles. The van der Waals surface area contributed by atoms with Crippen LogP contribution in [-0.4, -0.2) is 48.5 Å². The van der Waals surface area contributed by atoms with E-state index in [2.05, 4.69) is 26.1 Å². The summed E-state index contributed by atoms with van der Waals surface area (Å²) in [4.78, 5) is 24.5. The molecule has 0 spiro atoms. The Morgan fingerprint density at radius 2 is 2.09 bits per heavy atom. The van der Waals surface area contributed by atoms with Gasteiger partial charge in [-0.2, -0.15) is 10.2 Å². The lowest BCUT2D eigenvalue weighted by molar-refractivity contribution is -0.130. The maximum absolute atomic E-state index is 12.2. The molecular weight excluding hydrogens is 366 g/mol. The highest BCUT2D eigenvalue weighted by Gasteiger charge is 2.14. The summed E-state index contributed by atoms with van der Waals surface area (Å²) >= 11 is 3.44.